The van der Waals surface area contributed by atoms with Gasteiger partial charge in [-0.15, -0.1) is 5.92 Å². The van der Waals surface area contributed by atoms with Crippen molar-refractivity contribution >= 4 is 8.32 Å². The molecule has 0 bridgehead atoms. The highest BCUT2D eigenvalue weighted by Gasteiger charge is 2.47. The Morgan fingerprint density at radius 1 is 1.23 bits per heavy atom. The van der Waals surface area contributed by atoms with Crippen LogP contribution in [0.5, 0.6) is 0 Å². The maximum Gasteiger partial charge on any atom is 0.192 e. The Kier molecular flexibility index (Phi) is 8.42. The second-order valence-electron chi connectivity index (χ2n) is 10.0. The van der Waals surface area contributed by atoms with E-state index in [1.165, 1.54) is 6.42 Å². The van der Waals surface area contributed by atoms with Gasteiger partial charge in [0.1, 0.15) is 6.79 Å². The van der Waals surface area contributed by atoms with Crippen LogP contribution in [-0.2, 0) is 13.9 Å². The third-order valence-electron chi connectivity index (χ3n) is 6.52. The van der Waals surface area contributed by atoms with Gasteiger partial charge in [0.05, 0.1) is 12.7 Å². The van der Waals surface area contributed by atoms with Crippen molar-refractivity contribution < 1.29 is 13.9 Å². The van der Waals surface area contributed by atoms with Crippen LogP contribution in [0.15, 0.2) is 0 Å². The lowest BCUT2D eigenvalue weighted by Gasteiger charge is -2.48. The standard InChI is InChI=1S/C22H42O3Si/c1-11-12-22(7)14-17(2)13-18(3)20(22)19(24-16-23-8)15-25-26(9,10)21(4,5)6/h17-20H,13-16H2,1-10H3/t17-,18+,19-,20+,22-/m1/s1. The van der Waals surface area contributed by atoms with Gasteiger partial charge in [-0.2, -0.15) is 0 Å². The lowest BCUT2D eigenvalue weighted by molar-refractivity contribution is -0.139. The monoisotopic (exact) mass is 382 g/mol. The van der Waals surface area contributed by atoms with Crippen LogP contribution in [0.1, 0.15) is 61.3 Å². The number of hydrogen-bond donors (Lipinski definition) is 0. The Bertz CT molecular complexity index is 500. The van der Waals surface area contributed by atoms with E-state index in [9.17, 15) is 0 Å². The third-order valence-corrected chi connectivity index (χ3v) is 11.0. The summed E-state index contributed by atoms with van der Waals surface area (Å²) in [4.78, 5) is 0. The zero-order valence-electron chi connectivity index (χ0n) is 18.9. The van der Waals surface area contributed by atoms with Crippen molar-refractivity contribution in [1.82, 2.24) is 0 Å². The molecular formula is C22H42O3Si. The molecule has 0 aromatic heterocycles. The van der Waals surface area contributed by atoms with Gasteiger partial charge in [-0.25, -0.2) is 0 Å². The highest BCUT2D eigenvalue weighted by atomic mass is 28.4. The molecule has 0 heterocycles. The van der Waals surface area contributed by atoms with Crippen LogP contribution in [-0.4, -0.2) is 34.9 Å². The van der Waals surface area contributed by atoms with Crippen LogP contribution < -0.4 is 0 Å². The van der Waals surface area contributed by atoms with E-state index in [2.05, 4.69) is 66.5 Å². The third kappa shape index (κ3) is 5.83. The van der Waals surface area contributed by atoms with Crippen LogP contribution in [0.3, 0.4) is 0 Å². The van der Waals surface area contributed by atoms with Crippen LogP contribution >= 0.6 is 0 Å². The average Bonchev–Trinajstić information content (AvgIpc) is 2.47. The van der Waals surface area contributed by atoms with E-state index < -0.39 is 8.32 Å². The maximum absolute atomic E-state index is 6.56. The normalized spacial score (nSPS) is 31.2. The van der Waals surface area contributed by atoms with Crippen LogP contribution in [0, 0.1) is 35.0 Å². The van der Waals surface area contributed by atoms with Gasteiger partial charge in [0.2, 0.25) is 0 Å². The fourth-order valence-electron chi connectivity index (χ4n) is 4.47. The summed E-state index contributed by atoms with van der Waals surface area (Å²) in [5, 5.41) is 0.192. The quantitative estimate of drug-likeness (QED) is 0.321. The summed E-state index contributed by atoms with van der Waals surface area (Å²) in [6, 6.07) is 0. The molecule has 1 rings (SSSR count). The molecule has 1 aliphatic carbocycles. The van der Waals surface area contributed by atoms with Crippen LogP contribution in [0.4, 0.5) is 0 Å². The minimum absolute atomic E-state index is 0.0115. The lowest BCUT2D eigenvalue weighted by Crippen LogP contribution is -2.50. The molecule has 0 aromatic rings. The second kappa shape index (κ2) is 9.23. The first-order chi connectivity index (χ1) is 11.9. The van der Waals surface area contributed by atoms with E-state index in [4.69, 9.17) is 13.9 Å². The first kappa shape index (κ1) is 23.7. The molecular weight excluding hydrogens is 340 g/mol. The number of methoxy groups -OCH3 is 1. The molecule has 0 unspecified atom stereocenters. The van der Waals surface area contributed by atoms with Gasteiger partial charge in [0.25, 0.3) is 0 Å². The minimum atomic E-state index is -1.83. The van der Waals surface area contributed by atoms with Crippen molar-refractivity contribution in [2.24, 2.45) is 23.2 Å². The minimum Gasteiger partial charge on any atom is -0.414 e. The molecule has 0 radical (unpaired) electrons. The summed E-state index contributed by atoms with van der Waals surface area (Å²) in [6.45, 7) is 21.3. The van der Waals surface area contributed by atoms with E-state index in [1.54, 1.807) is 7.11 Å². The molecule has 26 heavy (non-hydrogen) atoms. The van der Waals surface area contributed by atoms with E-state index in [-0.39, 0.29) is 16.6 Å². The average molecular weight is 383 g/mol. The zero-order valence-corrected chi connectivity index (χ0v) is 19.9. The van der Waals surface area contributed by atoms with Gasteiger partial charge in [-0.1, -0.05) is 40.5 Å². The van der Waals surface area contributed by atoms with Crippen molar-refractivity contribution in [2.45, 2.75) is 85.5 Å². The highest BCUT2D eigenvalue weighted by molar-refractivity contribution is 6.74. The summed E-state index contributed by atoms with van der Waals surface area (Å²) in [7, 11) is -0.144. The fourth-order valence-corrected chi connectivity index (χ4v) is 5.48. The molecule has 0 aliphatic heterocycles. The Hall–Kier alpha value is -0.343. The molecule has 0 spiro atoms. The van der Waals surface area contributed by atoms with Crippen molar-refractivity contribution in [3.8, 4) is 11.8 Å². The van der Waals surface area contributed by atoms with Crippen molar-refractivity contribution in [3.63, 3.8) is 0 Å². The van der Waals surface area contributed by atoms with E-state index in [0.29, 0.717) is 31.2 Å². The summed E-state index contributed by atoms with van der Waals surface area (Å²) >= 11 is 0. The van der Waals surface area contributed by atoms with E-state index in [0.717, 1.165) is 6.42 Å². The molecule has 5 atom stereocenters. The predicted octanol–water partition coefficient (Wildman–Crippen LogP) is 5.71. The van der Waals surface area contributed by atoms with Crippen LogP contribution in [0.2, 0.25) is 18.1 Å². The van der Waals surface area contributed by atoms with Crippen molar-refractivity contribution in [1.29, 1.82) is 0 Å². The Balaban J connectivity index is 3.09. The largest absolute Gasteiger partial charge is 0.414 e. The zero-order chi connectivity index (χ0) is 20.2. The lowest BCUT2D eigenvalue weighted by atomic mass is 9.58. The van der Waals surface area contributed by atoms with Crippen molar-refractivity contribution in [3.05, 3.63) is 0 Å². The van der Waals surface area contributed by atoms with Crippen molar-refractivity contribution in [2.75, 3.05) is 20.5 Å². The second-order valence-corrected chi connectivity index (χ2v) is 14.8. The SMILES string of the molecule is CC#C[C@]1(C)C[C@H](C)C[C@H](C)[C@H]1[C@@H](CO[Si](C)(C)C(C)(C)C)OCOC. The Morgan fingerprint density at radius 2 is 1.85 bits per heavy atom. The topological polar surface area (TPSA) is 27.7 Å². The smallest absolute Gasteiger partial charge is 0.192 e. The summed E-state index contributed by atoms with van der Waals surface area (Å²) in [5.74, 6) is 8.32. The molecule has 0 aromatic carbocycles. The molecule has 1 saturated carbocycles. The van der Waals surface area contributed by atoms with Crippen LogP contribution in [0.25, 0.3) is 0 Å². The van der Waals surface area contributed by atoms with Gasteiger partial charge in [-0.05, 0) is 56.7 Å². The van der Waals surface area contributed by atoms with Gasteiger partial charge in [-0.3, -0.25) is 0 Å². The number of rotatable bonds is 7. The van der Waals surface area contributed by atoms with Gasteiger partial charge in [0.15, 0.2) is 8.32 Å². The number of hydrogen-bond acceptors (Lipinski definition) is 3. The molecule has 0 amide bonds. The summed E-state index contributed by atoms with van der Waals surface area (Å²) in [6.07, 6.45) is 2.35. The first-order valence-corrected chi connectivity index (χ1v) is 13.0. The van der Waals surface area contributed by atoms with E-state index in [1.807, 2.05) is 6.92 Å². The Morgan fingerprint density at radius 3 is 2.35 bits per heavy atom. The highest BCUT2D eigenvalue weighted by Crippen LogP contribution is 2.49. The van der Waals surface area contributed by atoms with Gasteiger partial charge in [0, 0.05) is 18.4 Å². The first-order valence-electron chi connectivity index (χ1n) is 10.1. The summed E-state index contributed by atoms with van der Waals surface area (Å²) < 4.78 is 18.0. The number of ether oxygens (including phenoxy) is 2. The van der Waals surface area contributed by atoms with Gasteiger partial charge >= 0.3 is 0 Å². The molecule has 1 fully saturated rings. The molecule has 0 N–H and O–H groups in total. The molecule has 0 saturated heterocycles. The predicted molar refractivity (Wildman–Crippen MR) is 113 cm³/mol. The Labute approximate surface area is 163 Å². The molecule has 4 heteroatoms. The summed E-state index contributed by atoms with van der Waals surface area (Å²) in [5.41, 5.74) is -0.0406. The van der Waals surface area contributed by atoms with E-state index >= 15 is 0 Å². The maximum atomic E-state index is 6.56. The molecule has 3 nitrogen and oxygen atoms in total. The fraction of sp³-hybridized carbons (Fsp3) is 0.909. The molecule has 1 aliphatic rings. The molecule has 152 valence electrons. The van der Waals surface area contributed by atoms with Gasteiger partial charge < -0.3 is 13.9 Å².